The van der Waals surface area contributed by atoms with E-state index in [1.165, 1.54) is 0 Å². The zero-order valence-electron chi connectivity index (χ0n) is 14.3. The highest BCUT2D eigenvalue weighted by molar-refractivity contribution is 7.90. The van der Waals surface area contributed by atoms with E-state index in [1.807, 2.05) is 6.92 Å². The van der Waals surface area contributed by atoms with Crippen molar-refractivity contribution < 1.29 is 23.4 Å². The molecule has 1 aliphatic rings. The van der Waals surface area contributed by atoms with Crippen LogP contribution in [0.1, 0.15) is 46.2 Å². The zero-order valence-corrected chi connectivity index (χ0v) is 15.1. The van der Waals surface area contributed by atoms with Gasteiger partial charge in [0.05, 0.1) is 6.61 Å². The highest BCUT2D eigenvalue weighted by Crippen LogP contribution is 2.38. The first-order valence-electron chi connectivity index (χ1n) is 8.09. The second-order valence-electron chi connectivity index (χ2n) is 6.03. The van der Waals surface area contributed by atoms with Crippen LogP contribution in [0.3, 0.4) is 0 Å². The first-order valence-corrected chi connectivity index (χ1v) is 9.65. The number of hydrogen-bond donors (Lipinski definition) is 0. The van der Waals surface area contributed by atoms with Gasteiger partial charge in [-0.2, -0.15) is 0 Å². The molecule has 1 saturated carbocycles. The third-order valence-electron chi connectivity index (χ3n) is 4.13. The molecule has 1 fully saturated rings. The number of hydrogen-bond acceptors (Lipinski definition) is 6. The van der Waals surface area contributed by atoms with Crippen LogP contribution in [0.2, 0.25) is 0 Å². The van der Waals surface area contributed by atoms with Gasteiger partial charge in [-0.25, -0.2) is 4.79 Å². The van der Waals surface area contributed by atoms with Crippen LogP contribution in [0.15, 0.2) is 27.6 Å². The minimum atomic E-state index is -1.11. The summed E-state index contributed by atoms with van der Waals surface area (Å²) in [6.07, 6.45) is 3.21. The maximum absolute atomic E-state index is 12.7. The van der Waals surface area contributed by atoms with Crippen LogP contribution >= 0.6 is 0 Å². The Morgan fingerprint density at radius 3 is 2.68 bits per heavy atom. The molecule has 1 aliphatic carbocycles. The number of aromatic nitrogens is 1. The molecule has 1 unspecified atom stereocenters. The van der Waals surface area contributed by atoms with Crippen molar-refractivity contribution in [3.05, 3.63) is 35.0 Å². The zero-order chi connectivity index (χ0) is 18.1. The number of nitrogens with zero attached hydrogens (tertiary/aromatic N) is 1. The summed E-state index contributed by atoms with van der Waals surface area (Å²) in [5.41, 5.74) is 1.57. The summed E-state index contributed by atoms with van der Waals surface area (Å²) in [6, 6.07) is 5.24. The fourth-order valence-corrected chi connectivity index (χ4v) is 3.26. The highest BCUT2D eigenvalue weighted by atomic mass is 32.2. The molecule has 1 aromatic carbocycles. The van der Waals surface area contributed by atoms with Gasteiger partial charge in [-0.15, -0.1) is 0 Å². The third kappa shape index (κ3) is 3.48. The SMILES string of the molecule is CCOC(=O)c1noc(-c2ccc([S+](C)[O-])cc2C)c1C(=O)C1CC1. The Balaban J connectivity index is 2.10. The van der Waals surface area contributed by atoms with Crippen molar-refractivity contribution in [2.45, 2.75) is 31.6 Å². The molecule has 1 atom stereocenters. The quantitative estimate of drug-likeness (QED) is 0.446. The lowest BCUT2D eigenvalue weighted by Crippen LogP contribution is -2.13. The molecule has 6 nitrogen and oxygen atoms in total. The van der Waals surface area contributed by atoms with E-state index < -0.39 is 17.1 Å². The fourth-order valence-electron chi connectivity index (χ4n) is 2.66. The summed E-state index contributed by atoms with van der Waals surface area (Å²) in [5, 5.41) is 3.81. The first-order chi connectivity index (χ1) is 11.9. The van der Waals surface area contributed by atoms with Gasteiger partial charge >= 0.3 is 5.97 Å². The maximum Gasteiger partial charge on any atom is 0.361 e. The summed E-state index contributed by atoms with van der Waals surface area (Å²) >= 11 is -1.11. The maximum atomic E-state index is 12.7. The van der Waals surface area contributed by atoms with E-state index in [4.69, 9.17) is 9.26 Å². The highest BCUT2D eigenvalue weighted by Gasteiger charge is 2.38. The number of rotatable bonds is 6. The number of carbonyl (C=O) groups is 2. The number of esters is 1. The molecule has 0 saturated heterocycles. The van der Waals surface area contributed by atoms with Gasteiger partial charge < -0.3 is 13.8 Å². The van der Waals surface area contributed by atoms with Crippen molar-refractivity contribution in [3.63, 3.8) is 0 Å². The number of carbonyl (C=O) groups excluding carboxylic acids is 2. The lowest BCUT2D eigenvalue weighted by atomic mass is 9.98. The molecule has 0 bridgehead atoms. The number of Topliss-reactive ketones (excluding diaryl/α,β-unsaturated/α-hetero) is 1. The predicted octanol–water partition coefficient (Wildman–Crippen LogP) is 3.16. The average Bonchev–Trinajstić information content (AvgIpc) is 3.33. The van der Waals surface area contributed by atoms with Gasteiger partial charge in [-0.3, -0.25) is 4.79 Å². The smallest absolute Gasteiger partial charge is 0.361 e. The summed E-state index contributed by atoms with van der Waals surface area (Å²) in [6.45, 7) is 3.72. The van der Waals surface area contributed by atoms with Crippen molar-refractivity contribution in [2.24, 2.45) is 5.92 Å². The van der Waals surface area contributed by atoms with E-state index >= 15 is 0 Å². The Bertz CT molecular complexity index is 823. The molecule has 3 rings (SSSR count). The van der Waals surface area contributed by atoms with E-state index in [1.54, 1.807) is 31.4 Å². The van der Waals surface area contributed by atoms with Crippen LogP contribution in [0.4, 0.5) is 0 Å². The molecule has 0 amide bonds. The number of benzene rings is 1. The van der Waals surface area contributed by atoms with Gasteiger partial charge in [-0.1, -0.05) is 5.16 Å². The average molecular weight is 361 g/mol. The molecule has 7 heteroatoms. The number of ketones is 1. The van der Waals surface area contributed by atoms with Crippen LogP contribution in [0.5, 0.6) is 0 Å². The molecule has 0 N–H and O–H groups in total. The molecule has 0 radical (unpaired) electrons. The molecule has 132 valence electrons. The van der Waals surface area contributed by atoms with Gasteiger partial charge in [-0.05, 0) is 61.6 Å². The van der Waals surface area contributed by atoms with Crippen molar-refractivity contribution in [1.29, 1.82) is 0 Å². The summed E-state index contributed by atoms with van der Waals surface area (Å²) in [7, 11) is 0. The molecule has 1 aromatic heterocycles. The first kappa shape index (κ1) is 17.7. The standard InChI is InChI=1S/C18H19NO5S/c1-4-23-18(21)15-14(16(20)11-5-6-11)17(24-19-15)13-8-7-12(25(3)22)9-10(13)2/h7-9,11H,4-6H2,1-3H3. The molecule has 1 heterocycles. The van der Waals surface area contributed by atoms with Crippen LogP contribution in [0.25, 0.3) is 11.3 Å². The van der Waals surface area contributed by atoms with E-state index in [9.17, 15) is 14.1 Å². The van der Waals surface area contributed by atoms with Gasteiger partial charge in [0.25, 0.3) is 0 Å². The minimum absolute atomic E-state index is 0.0729. The van der Waals surface area contributed by atoms with E-state index in [0.717, 1.165) is 18.4 Å². The topological polar surface area (TPSA) is 92.5 Å². The minimum Gasteiger partial charge on any atom is -0.612 e. The second kappa shape index (κ2) is 7.01. The molecular formula is C18H19NO5S. The summed E-state index contributed by atoms with van der Waals surface area (Å²) < 4.78 is 22.0. The molecular weight excluding hydrogens is 342 g/mol. The van der Waals surface area contributed by atoms with E-state index in [-0.39, 0.29) is 35.3 Å². The van der Waals surface area contributed by atoms with Crippen molar-refractivity contribution in [3.8, 4) is 11.3 Å². The Morgan fingerprint density at radius 1 is 1.40 bits per heavy atom. The van der Waals surface area contributed by atoms with Gasteiger partial charge in [0, 0.05) is 11.5 Å². The predicted molar refractivity (Wildman–Crippen MR) is 92.0 cm³/mol. The van der Waals surface area contributed by atoms with Gasteiger partial charge in [0.2, 0.25) is 5.69 Å². The Labute approximate surface area is 148 Å². The Kier molecular flexibility index (Phi) is 4.96. The Morgan fingerprint density at radius 2 is 2.12 bits per heavy atom. The normalized spacial score (nSPS) is 15.0. The van der Waals surface area contributed by atoms with Crippen molar-refractivity contribution in [2.75, 3.05) is 12.9 Å². The monoisotopic (exact) mass is 361 g/mol. The van der Waals surface area contributed by atoms with E-state index in [2.05, 4.69) is 5.16 Å². The van der Waals surface area contributed by atoms with E-state index in [0.29, 0.717) is 10.5 Å². The van der Waals surface area contributed by atoms with Gasteiger partial charge in [0.15, 0.2) is 16.4 Å². The molecule has 2 aromatic rings. The largest absolute Gasteiger partial charge is 0.612 e. The molecule has 25 heavy (non-hydrogen) atoms. The fraction of sp³-hybridized carbons (Fsp3) is 0.389. The second-order valence-corrected chi connectivity index (χ2v) is 7.40. The van der Waals surface area contributed by atoms with Gasteiger partial charge in [0.1, 0.15) is 11.8 Å². The Hall–Kier alpha value is -2.12. The van der Waals surface area contributed by atoms with Crippen LogP contribution in [-0.2, 0) is 15.9 Å². The summed E-state index contributed by atoms with van der Waals surface area (Å²) in [5.74, 6) is -0.618. The van der Waals surface area contributed by atoms with Crippen molar-refractivity contribution >= 4 is 22.9 Å². The number of aryl methyl sites for hydroxylation is 1. The lowest BCUT2D eigenvalue weighted by Gasteiger charge is -2.09. The summed E-state index contributed by atoms with van der Waals surface area (Å²) in [4.78, 5) is 25.6. The van der Waals surface area contributed by atoms with Crippen LogP contribution < -0.4 is 0 Å². The van der Waals surface area contributed by atoms with Crippen molar-refractivity contribution in [1.82, 2.24) is 5.16 Å². The molecule has 0 spiro atoms. The van der Waals surface area contributed by atoms with Crippen LogP contribution in [0, 0.1) is 12.8 Å². The van der Waals surface area contributed by atoms with Crippen LogP contribution in [-0.4, -0.2) is 34.3 Å². The lowest BCUT2D eigenvalue weighted by molar-refractivity contribution is 0.0511. The number of ether oxygens (including phenoxy) is 1. The third-order valence-corrected chi connectivity index (χ3v) is 5.05. The molecule has 0 aliphatic heterocycles.